The maximum absolute atomic E-state index is 12.8. The van der Waals surface area contributed by atoms with E-state index in [1.807, 2.05) is 19.9 Å². The van der Waals surface area contributed by atoms with Gasteiger partial charge >= 0.3 is 0 Å². The fourth-order valence-corrected chi connectivity index (χ4v) is 2.92. The third-order valence-corrected chi connectivity index (χ3v) is 4.24. The fourth-order valence-electron chi connectivity index (χ4n) is 2.92. The van der Waals surface area contributed by atoms with Crippen LogP contribution in [0.15, 0.2) is 18.2 Å². The summed E-state index contributed by atoms with van der Waals surface area (Å²) in [6.45, 7) is 6.76. The molecule has 1 aliphatic heterocycles. The van der Waals surface area contributed by atoms with Gasteiger partial charge in [0.1, 0.15) is 17.5 Å². The van der Waals surface area contributed by atoms with Gasteiger partial charge in [0.2, 0.25) is 11.8 Å². The third kappa shape index (κ3) is 3.63. The van der Waals surface area contributed by atoms with Crippen LogP contribution >= 0.6 is 0 Å². The summed E-state index contributed by atoms with van der Waals surface area (Å²) in [5, 5.41) is 0. The highest BCUT2D eigenvalue weighted by molar-refractivity contribution is 6.01. The molecule has 1 aromatic carbocycles. The number of carbonyl (C=O) groups is 2. The van der Waals surface area contributed by atoms with Crippen molar-refractivity contribution < 1.29 is 19.1 Å². The van der Waals surface area contributed by atoms with Crippen LogP contribution in [0.4, 0.5) is 5.69 Å². The Kier molecular flexibility index (Phi) is 5.70. The number of benzene rings is 1. The smallest absolute Gasteiger partial charge is 0.249 e. The zero-order chi connectivity index (χ0) is 17.9. The van der Waals surface area contributed by atoms with E-state index in [4.69, 9.17) is 9.47 Å². The van der Waals surface area contributed by atoms with Crippen molar-refractivity contribution in [1.29, 1.82) is 0 Å². The lowest BCUT2D eigenvalue weighted by atomic mass is 10.1. The Morgan fingerprint density at radius 2 is 1.96 bits per heavy atom. The van der Waals surface area contributed by atoms with E-state index in [2.05, 4.69) is 0 Å². The Balaban J connectivity index is 2.21. The predicted octanol–water partition coefficient (Wildman–Crippen LogP) is 2.31. The van der Waals surface area contributed by atoms with E-state index in [0.717, 1.165) is 0 Å². The van der Waals surface area contributed by atoms with Crippen LogP contribution < -0.4 is 14.4 Å². The molecule has 0 aliphatic carbocycles. The lowest BCUT2D eigenvalue weighted by molar-refractivity contribution is -0.141. The highest BCUT2D eigenvalue weighted by Gasteiger charge is 2.35. The molecule has 0 saturated carbocycles. The van der Waals surface area contributed by atoms with Crippen LogP contribution in [-0.4, -0.2) is 50.1 Å². The second-order valence-electron chi connectivity index (χ2n) is 6.39. The summed E-state index contributed by atoms with van der Waals surface area (Å²) in [7, 11) is 3.15. The van der Waals surface area contributed by atoms with Gasteiger partial charge in [-0.2, -0.15) is 0 Å². The second kappa shape index (κ2) is 7.55. The first-order valence-corrected chi connectivity index (χ1v) is 8.22. The molecule has 1 saturated heterocycles. The van der Waals surface area contributed by atoms with Crippen LogP contribution in [-0.2, 0) is 9.59 Å². The van der Waals surface area contributed by atoms with Gasteiger partial charge < -0.3 is 19.3 Å². The Morgan fingerprint density at radius 3 is 2.54 bits per heavy atom. The molecule has 1 fully saturated rings. The summed E-state index contributed by atoms with van der Waals surface area (Å²) in [5.41, 5.74) is 0.700. The van der Waals surface area contributed by atoms with Gasteiger partial charge in [0, 0.05) is 25.6 Å². The van der Waals surface area contributed by atoms with Crippen LogP contribution in [0.1, 0.15) is 27.2 Å². The molecule has 132 valence electrons. The quantitative estimate of drug-likeness (QED) is 0.829. The van der Waals surface area contributed by atoms with Gasteiger partial charge in [0.15, 0.2) is 0 Å². The van der Waals surface area contributed by atoms with Gasteiger partial charge in [-0.25, -0.2) is 0 Å². The topological polar surface area (TPSA) is 59.1 Å². The summed E-state index contributed by atoms with van der Waals surface area (Å²) >= 11 is 0. The maximum Gasteiger partial charge on any atom is 0.249 e. The van der Waals surface area contributed by atoms with E-state index in [-0.39, 0.29) is 17.7 Å². The number of hydrogen-bond donors (Lipinski definition) is 0. The number of rotatable bonds is 5. The number of anilines is 1. The summed E-state index contributed by atoms with van der Waals surface area (Å²) in [4.78, 5) is 28.5. The molecule has 1 unspecified atom stereocenters. The normalized spacial score (nSPS) is 18.1. The Morgan fingerprint density at radius 1 is 1.25 bits per heavy atom. The third-order valence-electron chi connectivity index (χ3n) is 4.24. The van der Waals surface area contributed by atoms with Crippen molar-refractivity contribution in [3.63, 3.8) is 0 Å². The minimum absolute atomic E-state index is 0.0344. The molecule has 0 spiro atoms. The standard InChI is InChI=1S/C18H26N2O4/c1-12(2)10-17(21)19-8-9-20(18(22)13(19)3)15-7-6-14(23-4)11-16(15)24-5/h6-7,11-13H,8-10H2,1-5H3. The van der Waals surface area contributed by atoms with Crippen LogP contribution in [0.3, 0.4) is 0 Å². The van der Waals surface area contributed by atoms with E-state index in [0.29, 0.717) is 36.7 Å². The van der Waals surface area contributed by atoms with Gasteiger partial charge in [-0.15, -0.1) is 0 Å². The molecule has 2 amide bonds. The predicted molar refractivity (Wildman–Crippen MR) is 92.5 cm³/mol. The molecule has 0 N–H and O–H groups in total. The van der Waals surface area contributed by atoms with Crippen LogP contribution in [0.2, 0.25) is 0 Å². The molecule has 24 heavy (non-hydrogen) atoms. The molecule has 1 atom stereocenters. The number of methoxy groups -OCH3 is 2. The first-order chi connectivity index (χ1) is 11.4. The summed E-state index contributed by atoms with van der Waals surface area (Å²) in [6, 6.07) is 4.89. The van der Waals surface area contributed by atoms with E-state index < -0.39 is 6.04 Å². The first kappa shape index (κ1) is 18.1. The van der Waals surface area contributed by atoms with Crippen molar-refractivity contribution >= 4 is 17.5 Å². The Hall–Kier alpha value is -2.24. The molecule has 1 aromatic rings. The average molecular weight is 334 g/mol. The molecule has 0 bridgehead atoms. The number of hydrogen-bond acceptors (Lipinski definition) is 4. The van der Waals surface area contributed by atoms with Crippen molar-refractivity contribution in [3.8, 4) is 11.5 Å². The van der Waals surface area contributed by atoms with E-state index in [9.17, 15) is 9.59 Å². The number of piperazine rings is 1. The van der Waals surface area contributed by atoms with Crippen LogP contribution in [0.25, 0.3) is 0 Å². The minimum Gasteiger partial charge on any atom is -0.497 e. The second-order valence-corrected chi connectivity index (χ2v) is 6.39. The monoisotopic (exact) mass is 334 g/mol. The van der Waals surface area contributed by atoms with Crippen molar-refractivity contribution in [2.45, 2.75) is 33.2 Å². The summed E-state index contributed by atoms with van der Waals surface area (Å²) in [5.74, 6) is 1.47. The highest BCUT2D eigenvalue weighted by atomic mass is 16.5. The van der Waals surface area contributed by atoms with Gasteiger partial charge in [-0.3, -0.25) is 9.59 Å². The molecule has 2 rings (SSSR count). The van der Waals surface area contributed by atoms with Crippen molar-refractivity contribution in [2.75, 3.05) is 32.2 Å². The summed E-state index contributed by atoms with van der Waals surface area (Å²) < 4.78 is 10.6. The Bertz CT molecular complexity index is 615. The molecule has 1 aliphatic rings. The van der Waals surface area contributed by atoms with Gasteiger partial charge in [0.05, 0.1) is 19.9 Å². The lowest BCUT2D eigenvalue weighted by Gasteiger charge is -2.39. The van der Waals surface area contributed by atoms with Crippen LogP contribution in [0, 0.1) is 5.92 Å². The van der Waals surface area contributed by atoms with Gasteiger partial charge in [-0.05, 0) is 25.0 Å². The van der Waals surface area contributed by atoms with Gasteiger partial charge in [0.25, 0.3) is 0 Å². The number of nitrogens with zero attached hydrogens (tertiary/aromatic N) is 2. The van der Waals surface area contributed by atoms with Crippen molar-refractivity contribution in [3.05, 3.63) is 18.2 Å². The van der Waals surface area contributed by atoms with E-state index in [1.54, 1.807) is 43.1 Å². The fraction of sp³-hybridized carbons (Fsp3) is 0.556. The first-order valence-electron chi connectivity index (χ1n) is 8.22. The zero-order valence-corrected chi connectivity index (χ0v) is 15.0. The molecule has 6 heteroatoms. The van der Waals surface area contributed by atoms with E-state index in [1.165, 1.54) is 0 Å². The zero-order valence-electron chi connectivity index (χ0n) is 15.0. The molecule has 1 heterocycles. The average Bonchev–Trinajstić information content (AvgIpc) is 2.56. The molecular formula is C18H26N2O4. The molecular weight excluding hydrogens is 308 g/mol. The van der Waals surface area contributed by atoms with Crippen molar-refractivity contribution in [1.82, 2.24) is 4.90 Å². The maximum atomic E-state index is 12.8. The van der Waals surface area contributed by atoms with Crippen LogP contribution in [0.5, 0.6) is 11.5 Å². The number of carbonyl (C=O) groups excluding carboxylic acids is 2. The largest absolute Gasteiger partial charge is 0.497 e. The van der Waals surface area contributed by atoms with E-state index >= 15 is 0 Å². The SMILES string of the molecule is COc1ccc(N2CCN(C(=O)CC(C)C)C(C)C2=O)c(OC)c1. The number of ether oxygens (including phenoxy) is 2. The van der Waals surface area contributed by atoms with Gasteiger partial charge in [-0.1, -0.05) is 13.8 Å². The summed E-state index contributed by atoms with van der Waals surface area (Å²) in [6.07, 6.45) is 0.462. The molecule has 6 nitrogen and oxygen atoms in total. The lowest BCUT2D eigenvalue weighted by Crippen LogP contribution is -2.58. The van der Waals surface area contributed by atoms with Crippen molar-refractivity contribution in [2.24, 2.45) is 5.92 Å². The highest BCUT2D eigenvalue weighted by Crippen LogP contribution is 2.34. The molecule has 0 aromatic heterocycles. The molecule has 0 radical (unpaired) electrons. The minimum atomic E-state index is -0.475. The Labute approximate surface area is 143 Å². The number of amides is 2.